The van der Waals surface area contributed by atoms with Crippen LogP contribution < -0.4 is 4.74 Å². The highest BCUT2D eigenvalue weighted by molar-refractivity contribution is 5.97. The van der Waals surface area contributed by atoms with Gasteiger partial charge in [0.25, 0.3) is 11.8 Å². The molecule has 5 rings (SSSR count). The van der Waals surface area contributed by atoms with Crippen LogP contribution in [0.5, 0.6) is 5.75 Å². The van der Waals surface area contributed by atoms with Crippen LogP contribution in [0.1, 0.15) is 47.9 Å². The lowest BCUT2D eigenvalue weighted by Gasteiger charge is -2.43. The Bertz CT molecular complexity index is 1250. The molecular weight excluding hydrogens is 456 g/mol. The molecule has 7 heteroatoms. The van der Waals surface area contributed by atoms with Crippen molar-refractivity contribution in [2.45, 2.75) is 45.1 Å². The van der Waals surface area contributed by atoms with Crippen LogP contribution in [-0.4, -0.2) is 66.6 Å². The molecule has 3 aromatic rings. The molecular formula is C29H34N2O5. The Hall–Kier alpha value is -3.32. The number of amides is 2. The molecule has 2 amide bonds. The first-order valence-corrected chi connectivity index (χ1v) is 12.9. The molecule has 0 N–H and O–H groups in total. The molecule has 1 saturated heterocycles. The van der Waals surface area contributed by atoms with Crippen molar-refractivity contribution >= 4 is 22.8 Å². The molecule has 2 aromatic carbocycles. The van der Waals surface area contributed by atoms with Crippen LogP contribution in [0.2, 0.25) is 0 Å². The van der Waals surface area contributed by atoms with Gasteiger partial charge in [-0.15, -0.1) is 0 Å². The van der Waals surface area contributed by atoms with Gasteiger partial charge in [-0.1, -0.05) is 29.8 Å². The van der Waals surface area contributed by atoms with Crippen molar-refractivity contribution in [3.8, 4) is 5.75 Å². The number of benzene rings is 2. The van der Waals surface area contributed by atoms with E-state index in [2.05, 4.69) is 6.07 Å². The van der Waals surface area contributed by atoms with Crippen molar-refractivity contribution in [2.24, 2.45) is 0 Å². The molecule has 1 aromatic heterocycles. The van der Waals surface area contributed by atoms with Gasteiger partial charge in [0.2, 0.25) is 0 Å². The number of morpholine rings is 1. The summed E-state index contributed by atoms with van der Waals surface area (Å²) in [7, 11) is 0. The van der Waals surface area contributed by atoms with E-state index in [1.165, 1.54) is 5.56 Å². The molecule has 36 heavy (non-hydrogen) atoms. The number of ether oxygens (including phenoxy) is 2. The quantitative estimate of drug-likeness (QED) is 0.525. The van der Waals surface area contributed by atoms with Gasteiger partial charge in [0.05, 0.1) is 19.7 Å². The first-order chi connectivity index (χ1) is 17.5. The largest absolute Gasteiger partial charge is 0.491 e. The number of aryl methyl sites for hydroxylation is 2. The molecule has 7 nitrogen and oxygen atoms in total. The van der Waals surface area contributed by atoms with Crippen LogP contribution in [-0.2, 0) is 16.0 Å². The summed E-state index contributed by atoms with van der Waals surface area (Å²) in [6, 6.07) is 15.8. The third-order valence-electron chi connectivity index (χ3n) is 7.28. The number of hydrogen-bond acceptors (Lipinski definition) is 5. The van der Waals surface area contributed by atoms with Crippen LogP contribution in [0.4, 0.5) is 0 Å². The van der Waals surface area contributed by atoms with Crippen LogP contribution in [0.15, 0.2) is 52.9 Å². The summed E-state index contributed by atoms with van der Waals surface area (Å²) < 4.78 is 18.2. The van der Waals surface area contributed by atoms with Gasteiger partial charge in [0, 0.05) is 18.5 Å². The number of para-hydroxylation sites is 1. The molecule has 1 fully saturated rings. The zero-order valence-corrected chi connectivity index (χ0v) is 21.1. The molecule has 1 spiro atoms. The second-order valence-electron chi connectivity index (χ2n) is 9.77. The summed E-state index contributed by atoms with van der Waals surface area (Å²) in [6.07, 6.45) is 3.15. The zero-order chi connectivity index (χ0) is 25.1. The van der Waals surface area contributed by atoms with E-state index < -0.39 is 5.60 Å². The smallest absolute Gasteiger partial charge is 0.289 e. The van der Waals surface area contributed by atoms with Gasteiger partial charge in [-0.3, -0.25) is 9.59 Å². The number of hydrogen-bond donors (Lipinski definition) is 0. The summed E-state index contributed by atoms with van der Waals surface area (Å²) in [6.45, 7) is 6.35. The number of likely N-dealkylation sites (N-methyl/N-ethyl adjacent to an activating group) is 1. The molecule has 0 saturated carbocycles. The number of nitrogens with zero attached hydrogens (tertiary/aromatic N) is 2. The summed E-state index contributed by atoms with van der Waals surface area (Å²) in [5.41, 5.74) is 1.91. The Morgan fingerprint density at radius 1 is 1.06 bits per heavy atom. The second kappa shape index (κ2) is 10.3. The zero-order valence-electron chi connectivity index (χ0n) is 21.1. The number of carbonyl (C=O) groups excluding carboxylic acids is 2. The third-order valence-corrected chi connectivity index (χ3v) is 7.28. The molecule has 1 atom stereocenters. The fourth-order valence-corrected chi connectivity index (χ4v) is 5.30. The predicted octanol–water partition coefficient (Wildman–Crippen LogP) is 4.61. The monoisotopic (exact) mass is 490 g/mol. The normalized spacial score (nSPS) is 21.6. The van der Waals surface area contributed by atoms with E-state index in [4.69, 9.17) is 13.9 Å². The highest BCUT2D eigenvalue weighted by Crippen LogP contribution is 2.31. The topological polar surface area (TPSA) is 72.2 Å². The third kappa shape index (κ3) is 4.85. The Morgan fingerprint density at radius 3 is 2.78 bits per heavy atom. The van der Waals surface area contributed by atoms with Crippen molar-refractivity contribution in [1.29, 1.82) is 0 Å². The van der Waals surface area contributed by atoms with Crippen molar-refractivity contribution < 1.29 is 23.5 Å². The average Bonchev–Trinajstić information content (AvgIpc) is 3.32. The highest BCUT2D eigenvalue weighted by atomic mass is 16.5. The fraction of sp³-hybridized carbons (Fsp3) is 0.448. The van der Waals surface area contributed by atoms with Crippen LogP contribution in [0.25, 0.3) is 11.0 Å². The average molecular weight is 491 g/mol. The highest BCUT2D eigenvalue weighted by Gasteiger charge is 2.46. The lowest BCUT2D eigenvalue weighted by molar-refractivity contribution is -0.170. The van der Waals surface area contributed by atoms with Crippen molar-refractivity contribution in [2.75, 3.05) is 39.4 Å². The van der Waals surface area contributed by atoms with E-state index in [1.807, 2.05) is 50.2 Å². The lowest BCUT2D eigenvalue weighted by Crippen LogP contribution is -2.62. The maximum atomic E-state index is 13.9. The van der Waals surface area contributed by atoms with E-state index in [1.54, 1.807) is 15.9 Å². The number of carbonyl (C=O) groups is 2. The molecule has 0 aliphatic carbocycles. The number of fused-ring (bicyclic) bond motifs is 2. The van der Waals surface area contributed by atoms with Crippen LogP contribution in [0.3, 0.4) is 0 Å². The van der Waals surface area contributed by atoms with Gasteiger partial charge in [-0.2, -0.15) is 0 Å². The molecule has 190 valence electrons. The molecule has 2 aliphatic heterocycles. The standard InChI is InChI=1S/C29H34N2O5/c1-3-30-14-16-34-24-10-5-4-8-22(24)9-6-7-13-29(28(30)33)20-31(15-17-35-29)27(32)26-19-23-18-21(2)11-12-25(23)36-26/h4-5,8,10-12,18-19H,3,6-7,9,13-17,20H2,1-2H3. The first-order valence-electron chi connectivity index (χ1n) is 12.9. The van der Waals surface area contributed by atoms with Crippen LogP contribution in [0, 0.1) is 6.92 Å². The minimum atomic E-state index is -1.06. The Morgan fingerprint density at radius 2 is 1.92 bits per heavy atom. The second-order valence-corrected chi connectivity index (χ2v) is 9.77. The van der Waals surface area contributed by atoms with Crippen LogP contribution >= 0.6 is 0 Å². The van der Waals surface area contributed by atoms with E-state index in [0.29, 0.717) is 50.6 Å². The Labute approximate surface area is 211 Å². The predicted molar refractivity (Wildman–Crippen MR) is 137 cm³/mol. The summed E-state index contributed by atoms with van der Waals surface area (Å²) in [5, 5.41) is 0.904. The van der Waals surface area contributed by atoms with Gasteiger partial charge in [0.15, 0.2) is 11.4 Å². The summed E-state index contributed by atoms with van der Waals surface area (Å²) >= 11 is 0. The van der Waals surface area contributed by atoms with Gasteiger partial charge in [-0.25, -0.2) is 0 Å². The molecule has 2 aliphatic rings. The van der Waals surface area contributed by atoms with Gasteiger partial charge in [0.1, 0.15) is 17.9 Å². The Balaban J connectivity index is 1.38. The summed E-state index contributed by atoms with van der Waals surface area (Å²) in [4.78, 5) is 30.9. The van der Waals surface area contributed by atoms with Crippen molar-refractivity contribution in [1.82, 2.24) is 9.80 Å². The van der Waals surface area contributed by atoms with E-state index in [0.717, 1.165) is 36.0 Å². The number of furan rings is 1. The molecule has 3 heterocycles. The minimum Gasteiger partial charge on any atom is -0.491 e. The van der Waals surface area contributed by atoms with Crippen molar-refractivity contribution in [3.05, 3.63) is 65.4 Å². The molecule has 0 radical (unpaired) electrons. The fourth-order valence-electron chi connectivity index (χ4n) is 5.30. The number of rotatable bonds is 2. The lowest BCUT2D eigenvalue weighted by atomic mass is 9.91. The summed E-state index contributed by atoms with van der Waals surface area (Å²) in [5.74, 6) is 0.916. The van der Waals surface area contributed by atoms with E-state index in [-0.39, 0.29) is 18.4 Å². The maximum Gasteiger partial charge on any atom is 0.289 e. The minimum absolute atomic E-state index is 0.0693. The SMILES string of the molecule is CCN1CCOc2ccccc2CCCCC2(CN(C(=O)c3cc4cc(C)ccc4o3)CCO2)C1=O. The molecule has 1 unspecified atom stereocenters. The van der Waals surface area contributed by atoms with Gasteiger partial charge < -0.3 is 23.7 Å². The van der Waals surface area contributed by atoms with E-state index in [9.17, 15) is 9.59 Å². The van der Waals surface area contributed by atoms with Gasteiger partial charge >= 0.3 is 0 Å². The first kappa shape index (κ1) is 24.4. The maximum absolute atomic E-state index is 13.9. The van der Waals surface area contributed by atoms with Gasteiger partial charge in [-0.05, 0) is 69.4 Å². The van der Waals surface area contributed by atoms with Crippen molar-refractivity contribution in [3.63, 3.8) is 0 Å². The molecule has 0 bridgehead atoms. The Kier molecular flexibility index (Phi) is 7.01. The van der Waals surface area contributed by atoms with E-state index >= 15 is 0 Å².